The maximum absolute atomic E-state index is 12.9. The van der Waals surface area contributed by atoms with Gasteiger partial charge in [0.15, 0.2) is 0 Å². The van der Waals surface area contributed by atoms with E-state index in [1.54, 1.807) is 0 Å². The van der Waals surface area contributed by atoms with Gasteiger partial charge in [0.1, 0.15) is 6.04 Å². The van der Waals surface area contributed by atoms with Gasteiger partial charge >= 0.3 is 7.12 Å². The van der Waals surface area contributed by atoms with E-state index in [9.17, 15) is 24.8 Å². The van der Waals surface area contributed by atoms with Crippen molar-refractivity contribution < 1.29 is 30.2 Å². The molecule has 0 spiro atoms. The van der Waals surface area contributed by atoms with Crippen molar-refractivity contribution >= 4 is 24.9 Å². The van der Waals surface area contributed by atoms with Crippen molar-refractivity contribution in [1.82, 2.24) is 16.1 Å². The molecule has 0 aliphatic heterocycles. The van der Waals surface area contributed by atoms with Crippen molar-refractivity contribution in [3.63, 3.8) is 0 Å². The van der Waals surface area contributed by atoms with Gasteiger partial charge < -0.3 is 31.6 Å². The Labute approximate surface area is 220 Å². The molecule has 0 radical (unpaired) electrons. The number of hydrogen-bond donors (Lipinski definition) is 8. The molecule has 0 aromatic heterocycles. The molecule has 1 unspecified atom stereocenters. The zero-order valence-electron chi connectivity index (χ0n) is 22.2. The van der Waals surface area contributed by atoms with Crippen molar-refractivity contribution in [2.24, 2.45) is 16.6 Å². The second-order valence-corrected chi connectivity index (χ2v) is 9.60. The molecule has 0 rings (SSSR count). The number of aliphatic imine (C=N–C) groups is 1. The van der Waals surface area contributed by atoms with Crippen LogP contribution in [0, 0.1) is 22.5 Å². The number of nitrogens with one attached hydrogen (secondary N) is 4. The minimum atomic E-state index is -1.74. The average molecular weight is 527 g/mol. The van der Waals surface area contributed by atoms with Crippen LogP contribution in [0.1, 0.15) is 97.3 Å². The monoisotopic (exact) mass is 527 g/mol. The largest absolute Gasteiger partial charge is 0.574 e. The Morgan fingerprint density at radius 3 is 2.19 bits per heavy atom. The predicted molar refractivity (Wildman–Crippen MR) is 140 cm³/mol. The molecule has 0 saturated carbocycles. The predicted octanol–water partition coefficient (Wildman–Crippen LogP) is -0.190. The third-order valence-corrected chi connectivity index (χ3v) is 5.68. The summed E-state index contributed by atoms with van der Waals surface area (Å²) in [5, 5.41) is 51.0. The summed E-state index contributed by atoms with van der Waals surface area (Å²) in [7, 11) is -1.74. The minimum absolute atomic E-state index is 0.108. The van der Waals surface area contributed by atoms with E-state index in [0.29, 0.717) is 25.7 Å². The van der Waals surface area contributed by atoms with E-state index >= 15 is 0 Å². The number of amides is 2. The Balaban J connectivity index is 4.70. The molecular weight excluding hydrogens is 481 g/mol. The molecule has 13 nitrogen and oxygen atoms in total. The minimum Gasteiger partial charge on any atom is -0.574 e. The fraction of sp³-hybridized carbons (Fsp3) is 0.826. The van der Waals surface area contributed by atoms with Crippen molar-refractivity contribution in [2.45, 2.75) is 109 Å². The summed E-state index contributed by atoms with van der Waals surface area (Å²) < 4.78 is 0. The molecule has 3 atom stereocenters. The number of nitriles is 1. The smallest absolute Gasteiger partial charge is 0.475 e. The van der Waals surface area contributed by atoms with Crippen LogP contribution in [0.3, 0.4) is 0 Å². The van der Waals surface area contributed by atoms with Crippen LogP contribution in [0.4, 0.5) is 0 Å². The van der Waals surface area contributed by atoms with E-state index in [4.69, 9.17) is 16.2 Å². The zero-order valence-corrected chi connectivity index (χ0v) is 22.2. The van der Waals surface area contributed by atoms with E-state index < -0.39 is 30.3 Å². The van der Waals surface area contributed by atoms with Gasteiger partial charge in [-0.05, 0) is 38.0 Å². The van der Waals surface area contributed by atoms with Crippen LogP contribution in [0.25, 0.3) is 0 Å². The van der Waals surface area contributed by atoms with Crippen LogP contribution < -0.4 is 27.1 Å². The highest BCUT2D eigenvalue weighted by molar-refractivity contribution is 6.43. The standard InChI is InChI=1S/C23H46BN7O6/c1-18(2)17-20(24(34)35)29-22(33)19(13-12-16-27-23(26)30-31(36)37)28-21(32)14-10-8-6-4-3-5-7-9-11-15-25/h18-20,31,34-36H,3-14,16-17H2,1-2H3,(H,28,32)(H,29,33)(H3,26,27,30)/t19-,20-/m0/s1. The van der Waals surface area contributed by atoms with Gasteiger partial charge in [0, 0.05) is 19.4 Å². The Kier molecular flexibility index (Phi) is 20.2. The van der Waals surface area contributed by atoms with Gasteiger partial charge in [-0.1, -0.05) is 52.4 Å². The molecular formula is C23H46BN7O6. The molecule has 9 N–H and O–H groups in total. The lowest BCUT2D eigenvalue weighted by Crippen LogP contribution is -3.13. The van der Waals surface area contributed by atoms with E-state index in [0.717, 1.165) is 44.9 Å². The number of quaternary nitrogens is 1. The van der Waals surface area contributed by atoms with Crippen LogP contribution in [0.5, 0.6) is 0 Å². The Morgan fingerprint density at radius 2 is 1.65 bits per heavy atom. The first kappa shape index (κ1) is 34.6. The molecule has 14 heteroatoms. The quantitative estimate of drug-likeness (QED) is 0.0325. The second-order valence-electron chi connectivity index (χ2n) is 9.60. The first-order chi connectivity index (χ1) is 17.6. The van der Waals surface area contributed by atoms with Crippen molar-refractivity contribution in [3.8, 4) is 6.07 Å². The fourth-order valence-corrected chi connectivity index (χ4v) is 3.78. The third-order valence-electron chi connectivity index (χ3n) is 5.68. The van der Waals surface area contributed by atoms with E-state index in [1.165, 1.54) is 0 Å². The number of carbonyl (C=O) groups excluding carboxylic acids is 2. The molecule has 0 aromatic carbocycles. The highest BCUT2D eigenvalue weighted by atomic mass is 16.8. The van der Waals surface area contributed by atoms with Crippen LogP contribution in [0.15, 0.2) is 4.99 Å². The first-order valence-corrected chi connectivity index (χ1v) is 13.2. The maximum atomic E-state index is 12.9. The molecule has 0 fully saturated rings. The van der Waals surface area contributed by atoms with E-state index in [2.05, 4.69) is 21.7 Å². The Hall–Kier alpha value is -2.44. The topological polar surface area (TPSA) is 221 Å². The third kappa shape index (κ3) is 20.3. The summed E-state index contributed by atoms with van der Waals surface area (Å²) in [5.74, 6) is -1.82. The number of rotatable bonds is 21. The molecule has 2 amide bonds. The fourth-order valence-electron chi connectivity index (χ4n) is 3.78. The van der Waals surface area contributed by atoms with Crippen LogP contribution in [-0.4, -0.2) is 58.7 Å². The van der Waals surface area contributed by atoms with E-state index in [-0.39, 0.29) is 37.2 Å². The molecule has 212 valence electrons. The summed E-state index contributed by atoms with van der Waals surface area (Å²) >= 11 is 0. The van der Waals surface area contributed by atoms with Gasteiger partial charge in [0.2, 0.25) is 17.8 Å². The number of unbranched alkanes of at least 4 members (excludes halogenated alkanes) is 8. The average Bonchev–Trinajstić information content (AvgIpc) is 2.80. The highest BCUT2D eigenvalue weighted by Gasteiger charge is 2.29. The summed E-state index contributed by atoms with van der Waals surface area (Å²) in [6.45, 7) is 3.92. The van der Waals surface area contributed by atoms with E-state index in [1.807, 2.05) is 19.3 Å². The van der Waals surface area contributed by atoms with Gasteiger partial charge in [0.25, 0.3) is 0 Å². The SMILES string of the molecule is CC(C)C[C@H](NC(=O)[C@H](CCCN=C(N)N[NH+]([O-])O)NC(=O)CCCCCCCCCCC#N)B(O)O. The molecule has 0 aliphatic carbocycles. The Bertz CT molecular complexity index is 704. The number of guanidine groups is 1. The first-order valence-electron chi connectivity index (χ1n) is 13.2. The lowest BCUT2D eigenvalue weighted by atomic mass is 9.75. The number of nitrogens with two attached hydrogens (primary N) is 1. The van der Waals surface area contributed by atoms with Crippen molar-refractivity contribution in [2.75, 3.05) is 6.54 Å². The summed E-state index contributed by atoms with van der Waals surface area (Å²) in [4.78, 5) is 29.3. The molecule has 0 aromatic rings. The van der Waals surface area contributed by atoms with Crippen LogP contribution >= 0.6 is 0 Å². The van der Waals surface area contributed by atoms with Gasteiger partial charge in [-0.2, -0.15) is 15.9 Å². The van der Waals surface area contributed by atoms with Crippen LogP contribution in [-0.2, 0) is 9.59 Å². The van der Waals surface area contributed by atoms with Gasteiger partial charge in [-0.15, -0.1) is 5.34 Å². The molecule has 37 heavy (non-hydrogen) atoms. The molecule has 0 heterocycles. The summed E-state index contributed by atoms with van der Waals surface area (Å²) in [6.07, 6.45) is 9.72. The maximum Gasteiger partial charge on any atom is 0.475 e. The van der Waals surface area contributed by atoms with Gasteiger partial charge in [-0.25, -0.2) is 4.99 Å². The lowest BCUT2D eigenvalue weighted by molar-refractivity contribution is -1.08. The molecule has 0 aliphatic rings. The van der Waals surface area contributed by atoms with Crippen molar-refractivity contribution in [1.29, 1.82) is 5.26 Å². The summed E-state index contributed by atoms with van der Waals surface area (Å²) in [5.41, 5.74) is 7.37. The Morgan fingerprint density at radius 1 is 1.05 bits per heavy atom. The summed E-state index contributed by atoms with van der Waals surface area (Å²) in [6, 6.07) is 1.24. The number of nitrogens with zero attached hydrogens (tertiary/aromatic N) is 2. The lowest BCUT2D eigenvalue weighted by Gasteiger charge is -2.24. The van der Waals surface area contributed by atoms with Crippen molar-refractivity contribution in [3.05, 3.63) is 5.21 Å². The second kappa shape index (κ2) is 21.6. The number of hydrogen-bond acceptors (Lipinski definition) is 8. The number of carbonyl (C=O) groups is 2. The zero-order chi connectivity index (χ0) is 28.1. The molecule has 0 bridgehead atoms. The van der Waals surface area contributed by atoms with Crippen LogP contribution in [0.2, 0.25) is 0 Å². The normalized spacial score (nSPS) is 13.9. The van der Waals surface area contributed by atoms with Gasteiger partial charge in [-0.3, -0.25) is 9.59 Å². The van der Waals surface area contributed by atoms with Gasteiger partial charge in [0.05, 0.1) is 12.0 Å². The highest BCUT2D eigenvalue weighted by Crippen LogP contribution is 2.11. The molecule has 0 saturated heterocycles.